The molecule has 0 spiro atoms. The topological polar surface area (TPSA) is 49.8 Å². The largest absolute Gasteiger partial charge is 0.444 e. The molecule has 26 heavy (non-hydrogen) atoms. The van der Waals surface area contributed by atoms with Crippen molar-refractivity contribution >= 4 is 6.09 Å². The van der Waals surface area contributed by atoms with Crippen LogP contribution in [0, 0.1) is 17.8 Å². The van der Waals surface area contributed by atoms with Crippen molar-refractivity contribution in [3.8, 4) is 11.8 Å². The number of hydrogen-bond acceptors (Lipinski definition) is 3. The number of ether oxygens (including phenoxy) is 1. The normalized spacial score (nSPS) is 18.9. The third kappa shape index (κ3) is 5.67. The van der Waals surface area contributed by atoms with Gasteiger partial charge in [0.05, 0.1) is 5.56 Å². The molecule has 1 unspecified atom stereocenters. The van der Waals surface area contributed by atoms with Gasteiger partial charge in [-0.15, -0.1) is 0 Å². The first-order chi connectivity index (χ1) is 12.0. The molecule has 0 aromatic heterocycles. The average molecular weight is 369 g/mol. The third-order valence-corrected chi connectivity index (χ3v) is 3.90. The van der Waals surface area contributed by atoms with Crippen LogP contribution >= 0.6 is 0 Å². The molecule has 1 aliphatic rings. The van der Waals surface area contributed by atoms with Gasteiger partial charge >= 0.3 is 12.3 Å². The molecule has 1 aromatic rings. The summed E-state index contributed by atoms with van der Waals surface area (Å²) in [6.07, 6.45) is -5.20. The summed E-state index contributed by atoms with van der Waals surface area (Å²) in [7, 11) is 0. The molecule has 4 nitrogen and oxygen atoms in total. The van der Waals surface area contributed by atoms with E-state index in [1.165, 1.54) is 17.0 Å². The SMILES string of the molecule is CC(C)(C)OC(=O)N1CC[C@H](C(O)C#Cc2ccc(C(F)(F)F)cc2)C1. The van der Waals surface area contributed by atoms with Crippen molar-refractivity contribution in [1.82, 2.24) is 4.90 Å². The number of rotatable bonds is 1. The summed E-state index contributed by atoms with van der Waals surface area (Å²) in [6, 6.07) is 4.45. The van der Waals surface area contributed by atoms with Crippen LogP contribution in [0.3, 0.4) is 0 Å². The maximum atomic E-state index is 12.5. The predicted molar refractivity (Wildman–Crippen MR) is 90.2 cm³/mol. The van der Waals surface area contributed by atoms with E-state index < -0.39 is 29.5 Å². The summed E-state index contributed by atoms with van der Waals surface area (Å²) in [6.45, 7) is 6.14. The maximum absolute atomic E-state index is 12.5. The first kappa shape index (κ1) is 20.1. The van der Waals surface area contributed by atoms with E-state index in [-0.39, 0.29) is 5.92 Å². The van der Waals surface area contributed by atoms with Gasteiger partial charge in [0, 0.05) is 24.6 Å². The molecule has 142 valence electrons. The number of alkyl halides is 3. The number of halogens is 3. The van der Waals surface area contributed by atoms with Gasteiger partial charge in [-0.2, -0.15) is 13.2 Å². The van der Waals surface area contributed by atoms with Gasteiger partial charge in [-0.1, -0.05) is 11.8 Å². The molecule has 1 amide bonds. The first-order valence-electron chi connectivity index (χ1n) is 8.30. The summed E-state index contributed by atoms with van der Waals surface area (Å²) >= 11 is 0. The van der Waals surface area contributed by atoms with Crippen LogP contribution in [-0.4, -0.2) is 40.9 Å². The first-order valence-corrected chi connectivity index (χ1v) is 8.30. The number of aliphatic hydroxyl groups is 1. The number of aliphatic hydroxyl groups excluding tert-OH is 1. The van der Waals surface area contributed by atoms with Crippen molar-refractivity contribution in [3.05, 3.63) is 35.4 Å². The second kappa shape index (κ2) is 7.58. The van der Waals surface area contributed by atoms with Crippen molar-refractivity contribution < 1.29 is 27.8 Å². The van der Waals surface area contributed by atoms with Crippen LogP contribution < -0.4 is 0 Å². The van der Waals surface area contributed by atoms with Gasteiger partial charge in [-0.25, -0.2) is 4.79 Å². The quantitative estimate of drug-likeness (QED) is 0.769. The van der Waals surface area contributed by atoms with Crippen molar-refractivity contribution in [2.45, 2.75) is 45.1 Å². The summed E-state index contributed by atoms with van der Waals surface area (Å²) in [5.41, 5.74) is -0.942. The lowest BCUT2D eigenvalue weighted by Gasteiger charge is -2.24. The van der Waals surface area contributed by atoms with Gasteiger partial charge in [0.25, 0.3) is 0 Å². The molecular formula is C19H22F3NO3. The molecule has 1 saturated heterocycles. The molecule has 2 rings (SSSR count). The van der Waals surface area contributed by atoms with Crippen LogP contribution in [0.25, 0.3) is 0 Å². The molecule has 1 aromatic carbocycles. The lowest BCUT2D eigenvalue weighted by molar-refractivity contribution is -0.137. The Hall–Kier alpha value is -2.20. The van der Waals surface area contributed by atoms with Crippen LogP contribution in [0.2, 0.25) is 0 Å². The van der Waals surface area contributed by atoms with Crippen molar-refractivity contribution in [2.75, 3.05) is 13.1 Å². The Morgan fingerprint density at radius 1 is 1.27 bits per heavy atom. The van der Waals surface area contributed by atoms with Gasteiger partial charge in [0.15, 0.2) is 0 Å². The van der Waals surface area contributed by atoms with Crippen molar-refractivity contribution in [3.63, 3.8) is 0 Å². The van der Waals surface area contributed by atoms with E-state index >= 15 is 0 Å². The highest BCUT2D eigenvalue weighted by atomic mass is 19.4. The molecule has 1 aliphatic heterocycles. The fourth-order valence-electron chi connectivity index (χ4n) is 2.55. The van der Waals surface area contributed by atoms with Crippen LogP contribution in [0.5, 0.6) is 0 Å². The summed E-state index contributed by atoms with van der Waals surface area (Å²) in [5.74, 6) is 5.11. The van der Waals surface area contributed by atoms with E-state index in [4.69, 9.17) is 4.74 Å². The molecule has 0 saturated carbocycles. The van der Waals surface area contributed by atoms with E-state index in [0.717, 1.165) is 12.1 Å². The highest BCUT2D eigenvalue weighted by Crippen LogP contribution is 2.29. The van der Waals surface area contributed by atoms with Gasteiger partial charge in [-0.05, 0) is 51.5 Å². The van der Waals surface area contributed by atoms with E-state index in [1.807, 2.05) is 0 Å². The zero-order chi connectivity index (χ0) is 19.5. The molecule has 0 aliphatic carbocycles. The fraction of sp³-hybridized carbons (Fsp3) is 0.526. The summed E-state index contributed by atoms with van der Waals surface area (Å²) < 4.78 is 42.9. The Morgan fingerprint density at radius 2 is 1.88 bits per heavy atom. The molecule has 0 radical (unpaired) electrons. The minimum atomic E-state index is -4.39. The second-order valence-electron chi connectivity index (χ2n) is 7.26. The minimum Gasteiger partial charge on any atom is -0.444 e. The van der Waals surface area contributed by atoms with Gasteiger partial charge < -0.3 is 14.7 Å². The lowest BCUT2D eigenvalue weighted by Crippen LogP contribution is -2.36. The molecule has 1 N–H and O–H groups in total. The Morgan fingerprint density at radius 3 is 2.42 bits per heavy atom. The Kier molecular flexibility index (Phi) is 5.87. The van der Waals surface area contributed by atoms with E-state index in [1.54, 1.807) is 20.8 Å². The number of carbonyl (C=O) groups is 1. The molecule has 2 atom stereocenters. The second-order valence-corrected chi connectivity index (χ2v) is 7.26. The van der Waals surface area contributed by atoms with Crippen LogP contribution in [0.1, 0.15) is 38.3 Å². The molecule has 0 bridgehead atoms. The molecule has 7 heteroatoms. The lowest BCUT2D eigenvalue weighted by atomic mass is 10.0. The van der Waals surface area contributed by atoms with E-state index in [0.29, 0.717) is 25.1 Å². The van der Waals surface area contributed by atoms with E-state index in [9.17, 15) is 23.1 Å². The summed E-state index contributed by atoms with van der Waals surface area (Å²) in [5, 5.41) is 10.2. The standard InChI is InChI=1S/C19H22F3NO3/c1-18(2,3)26-17(25)23-11-10-14(12-23)16(24)9-6-13-4-7-15(8-5-13)19(20,21)22/h4-5,7-8,14,16,24H,10-12H2,1-3H3/t14-,16?/m0/s1. The van der Waals surface area contributed by atoms with Gasteiger partial charge in [-0.3, -0.25) is 0 Å². The average Bonchev–Trinajstić information content (AvgIpc) is 3.01. The number of benzene rings is 1. The third-order valence-electron chi connectivity index (χ3n) is 3.90. The number of amides is 1. The molecular weight excluding hydrogens is 347 g/mol. The molecule has 1 heterocycles. The minimum absolute atomic E-state index is 0.218. The summed E-state index contributed by atoms with van der Waals surface area (Å²) in [4.78, 5) is 13.5. The Labute approximate surface area is 150 Å². The number of nitrogens with zero attached hydrogens (tertiary/aromatic N) is 1. The Balaban J connectivity index is 1.94. The highest BCUT2D eigenvalue weighted by molar-refractivity contribution is 5.68. The highest BCUT2D eigenvalue weighted by Gasteiger charge is 2.33. The van der Waals surface area contributed by atoms with Gasteiger partial charge in [0.2, 0.25) is 0 Å². The van der Waals surface area contributed by atoms with Gasteiger partial charge in [0.1, 0.15) is 11.7 Å². The zero-order valence-corrected chi connectivity index (χ0v) is 14.9. The van der Waals surface area contributed by atoms with Crippen LogP contribution in [0.4, 0.5) is 18.0 Å². The predicted octanol–water partition coefficient (Wildman–Crippen LogP) is 3.67. The zero-order valence-electron chi connectivity index (χ0n) is 14.9. The fourth-order valence-corrected chi connectivity index (χ4v) is 2.55. The Bertz CT molecular complexity index is 696. The number of carbonyl (C=O) groups excluding carboxylic acids is 1. The molecule has 1 fully saturated rings. The number of likely N-dealkylation sites (tertiary alicyclic amines) is 1. The monoisotopic (exact) mass is 369 g/mol. The maximum Gasteiger partial charge on any atom is 0.416 e. The van der Waals surface area contributed by atoms with Crippen LogP contribution in [-0.2, 0) is 10.9 Å². The van der Waals surface area contributed by atoms with Crippen molar-refractivity contribution in [2.24, 2.45) is 5.92 Å². The van der Waals surface area contributed by atoms with E-state index in [2.05, 4.69) is 11.8 Å². The smallest absolute Gasteiger partial charge is 0.416 e. The van der Waals surface area contributed by atoms with Crippen LogP contribution in [0.15, 0.2) is 24.3 Å². The van der Waals surface area contributed by atoms with Crippen molar-refractivity contribution in [1.29, 1.82) is 0 Å². The number of hydrogen-bond donors (Lipinski definition) is 1.